The first-order chi connectivity index (χ1) is 13.0. The molecule has 3 unspecified atom stereocenters. The molecule has 1 heterocycles. The van der Waals surface area contributed by atoms with Crippen LogP contribution in [-0.4, -0.2) is 35.3 Å². The van der Waals surface area contributed by atoms with Crippen LogP contribution in [-0.2, 0) is 11.3 Å². The van der Waals surface area contributed by atoms with Crippen LogP contribution in [0.2, 0.25) is 0 Å². The Morgan fingerprint density at radius 1 is 1.21 bits per heavy atom. The van der Waals surface area contributed by atoms with Crippen LogP contribution in [0.3, 0.4) is 0 Å². The number of aromatic nitrogens is 2. The maximum Gasteiger partial charge on any atom is 0.248 e. The summed E-state index contributed by atoms with van der Waals surface area (Å²) in [6, 6.07) is 0.363. The van der Waals surface area contributed by atoms with E-state index in [0.29, 0.717) is 36.8 Å². The van der Waals surface area contributed by atoms with Gasteiger partial charge in [-0.05, 0) is 39.5 Å². The van der Waals surface area contributed by atoms with Crippen molar-refractivity contribution in [1.82, 2.24) is 20.8 Å². The van der Waals surface area contributed by atoms with E-state index in [4.69, 9.17) is 9.26 Å². The largest absolute Gasteiger partial charge is 0.371 e. The highest BCUT2D eigenvalue weighted by atomic mass is 127. The third kappa shape index (κ3) is 7.85. The molecule has 8 heteroatoms. The molecule has 28 heavy (non-hydrogen) atoms. The van der Waals surface area contributed by atoms with Crippen LogP contribution in [0.5, 0.6) is 0 Å². The van der Waals surface area contributed by atoms with Gasteiger partial charge in [0.15, 0.2) is 11.8 Å². The van der Waals surface area contributed by atoms with E-state index in [1.165, 1.54) is 32.1 Å². The van der Waals surface area contributed by atoms with Gasteiger partial charge in [0.1, 0.15) is 12.6 Å². The van der Waals surface area contributed by atoms with Crippen molar-refractivity contribution in [1.29, 1.82) is 0 Å². The molecule has 0 bridgehead atoms. The van der Waals surface area contributed by atoms with Crippen molar-refractivity contribution in [2.45, 2.75) is 85.4 Å². The molecule has 0 aromatic carbocycles. The Morgan fingerprint density at radius 3 is 2.57 bits per heavy atom. The molecule has 0 saturated heterocycles. The second-order valence-corrected chi connectivity index (χ2v) is 7.53. The number of ether oxygens (including phenoxy) is 1. The Kier molecular flexibility index (Phi) is 12.0. The quantitative estimate of drug-likeness (QED) is 0.292. The minimum absolute atomic E-state index is 0. The van der Waals surface area contributed by atoms with Gasteiger partial charge in [-0.25, -0.2) is 4.99 Å². The molecule has 0 radical (unpaired) electrons. The van der Waals surface area contributed by atoms with E-state index < -0.39 is 0 Å². The van der Waals surface area contributed by atoms with Crippen LogP contribution in [0, 0.1) is 11.8 Å². The molecule has 2 rings (SSSR count). The standard InChI is InChI=1S/C20H37N5O2.HI/c1-6-21-20(23-15(4)14(3)17-11-9-8-10-12-17)22-13-18-24-19(25-27-18)16(5)26-7-2;/h14-17H,6-13H2,1-5H3,(H2,21,22,23);1H. The van der Waals surface area contributed by atoms with Gasteiger partial charge in [-0.2, -0.15) is 4.98 Å². The number of hydrogen-bond acceptors (Lipinski definition) is 5. The SMILES string of the molecule is CCNC(=NCc1nc(C(C)OCC)no1)NC(C)C(C)C1CCCCC1.I. The van der Waals surface area contributed by atoms with Crippen LogP contribution >= 0.6 is 24.0 Å². The summed E-state index contributed by atoms with van der Waals surface area (Å²) in [6.45, 7) is 12.3. The van der Waals surface area contributed by atoms with Gasteiger partial charge in [0.2, 0.25) is 5.89 Å². The zero-order valence-electron chi connectivity index (χ0n) is 18.0. The van der Waals surface area contributed by atoms with Crippen molar-refractivity contribution in [3.05, 3.63) is 11.7 Å². The van der Waals surface area contributed by atoms with Crippen LogP contribution < -0.4 is 10.6 Å². The van der Waals surface area contributed by atoms with Crippen molar-refractivity contribution < 1.29 is 9.26 Å². The number of aliphatic imine (C=N–C) groups is 1. The summed E-state index contributed by atoms with van der Waals surface area (Å²) in [5.74, 6) is 3.30. The number of hydrogen-bond donors (Lipinski definition) is 2. The van der Waals surface area contributed by atoms with Gasteiger partial charge in [-0.3, -0.25) is 0 Å². The van der Waals surface area contributed by atoms with Crippen molar-refractivity contribution in [2.24, 2.45) is 16.8 Å². The van der Waals surface area contributed by atoms with Crippen LogP contribution in [0.1, 0.15) is 84.5 Å². The third-order valence-electron chi connectivity index (χ3n) is 5.53. The molecule has 2 N–H and O–H groups in total. The van der Waals surface area contributed by atoms with Gasteiger partial charge in [0.05, 0.1) is 0 Å². The van der Waals surface area contributed by atoms with E-state index in [1.54, 1.807) is 0 Å². The molecule has 7 nitrogen and oxygen atoms in total. The van der Waals surface area contributed by atoms with Crippen LogP contribution in [0.4, 0.5) is 0 Å². The van der Waals surface area contributed by atoms with Crippen molar-refractivity contribution >= 4 is 29.9 Å². The second kappa shape index (κ2) is 13.3. The lowest BCUT2D eigenvalue weighted by atomic mass is 9.78. The molecule has 1 saturated carbocycles. The number of nitrogens with zero attached hydrogens (tertiary/aromatic N) is 3. The Labute approximate surface area is 186 Å². The molecule has 162 valence electrons. The number of halogens is 1. The maximum absolute atomic E-state index is 5.50. The lowest BCUT2D eigenvalue weighted by molar-refractivity contribution is 0.0683. The molecular formula is C20H38IN5O2. The van der Waals surface area contributed by atoms with E-state index in [-0.39, 0.29) is 30.1 Å². The fraction of sp³-hybridized carbons (Fsp3) is 0.850. The highest BCUT2D eigenvalue weighted by molar-refractivity contribution is 14.0. The van der Waals surface area contributed by atoms with Crippen molar-refractivity contribution in [3.63, 3.8) is 0 Å². The fourth-order valence-corrected chi connectivity index (χ4v) is 3.70. The first-order valence-electron chi connectivity index (χ1n) is 10.5. The molecule has 0 amide bonds. The Hall–Kier alpha value is -0.900. The lowest BCUT2D eigenvalue weighted by Gasteiger charge is -2.32. The molecule has 1 aliphatic rings. The number of rotatable bonds is 9. The monoisotopic (exact) mass is 507 g/mol. The molecule has 3 atom stereocenters. The smallest absolute Gasteiger partial charge is 0.248 e. The summed E-state index contributed by atoms with van der Waals surface area (Å²) in [5, 5.41) is 10.9. The first-order valence-corrected chi connectivity index (χ1v) is 10.5. The van der Waals surface area contributed by atoms with Gasteiger partial charge < -0.3 is 19.9 Å². The molecule has 1 aromatic rings. The van der Waals surface area contributed by atoms with Gasteiger partial charge in [-0.15, -0.1) is 24.0 Å². The number of guanidine groups is 1. The summed E-state index contributed by atoms with van der Waals surface area (Å²) < 4.78 is 10.8. The highest BCUT2D eigenvalue weighted by Crippen LogP contribution is 2.31. The maximum atomic E-state index is 5.50. The fourth-order valence-electron chi connectivity index (χ4n) is 3.70. The molecule has 1 fully saturated rings. The van der Waals surface area contributed by atoms with Crippen molar-refractivity contribution in [3.8, 4) is 0 Å². The molecule has 0 aliphatic heterocycles. The second-order valence-electron chi connectivity index (χ2n) is 7.53. The minimum Gasteiger partial charge on any atom is -0.371 e. The Bertz CT molecular complexity index is 575. The highest BCUT2D eigenvalue weighted by Gasteiger charge is 2.25. The third-order valence-corrected chi connectivity index (χ3v) is 5.53. The predicted octanol–water partition coefficient (Wildman–Crippen LogP) is 4.45. The van der Waals surface area contributed by atoms with Gasteiger partial charge >= 0.3 is 0 Å². The molecule has 0 spiro atoms. The van der Waals surface area contributed by atoms with Crippen LogP contribution in [0.25, 0.3) is 0 Å². The summed E-state index contributed by atoms with van der Waals surface area (Å²) in [7, 11) is 0. The zero-order valence-corrected chi connectivity index (χ0v) is 20.4. The minimum atomic E-state index is -0.167. The summed E-state index contributed by atoms with van der Waals surface area (Å²) >= 11 is 0. The predicted molar refractivity (Wildman–Crippen MR) is 123 cm³/mol. The number of nitrogens with one attached hydrogen (secondary N) is 2. The molecule has 1 aromatic heterocycles. The lowest BCUT2D eigenvalue weighted by Crippen LogP contribution is -2.46. The topological polar surface area (TPSA) is 84.6 Å². The van der Waals surface area contributed by atoms with Crippen LogP contribution in [0.15, 0.2) is 9.52 Å². The average Bonchev–Trinajstić information content (AvgIpc) is 3.15. The van der Waals surface area contributed by atoms with Gasteiger partial charge in [0, 0.05) is 19.2 Å². The van der Waals surface area contributed by atoms with Gasteiger partial charge in [-0.1, -0.05) is 44.2 Å². The molecule has 1 aliphatic carbocycles. The van der Waals surface area contributed by atoms with E-state index in [0.717, 1.165) is 18.4 Å². The summed E-state index contributed by atoms with van der Waals surface area (Å²) in [4.78, 5) is 9.01. The van der Waals surface area contributed by atoms with Gasteiger partial charge in [0.25, 0.3) is 0 Å². The molecular weight excluding hydrogens is 469 g/mol. The summed E-state index contributed by atoms with van der Waals surface area (Å²) in [6.07, 6.45) is 6.67. The van der Waals surface area contributed by atoms with E-state index in [1.807, 2.05) is 13.8 Å². The van der Waals surface area contributed by atoms with Crippen molar-refractivity contribution in [2.75, 3.05) is 13.2 Å². The van der Waals surface area contributed by atoms with E-state index in [9.17, 15) is 0 Å². The average molecular weight is 507 g/mol. The Balaban J connectivity index is 0.00000392. The van der Waals surface area contributed by atoms with E-state index >= 15 is 0 Å². The van der Waals surface area contributed by atoms with E-state index in [2.05, 4.69) is 46.5 Å². The summed E-state index contributed by atoms with van der Waals surface area (Å²) in [5.41, 5.74) is 0. The zero-order chi connectivity index (χ0) is 19.6. The first kappa shape index (κ1) is 25.1. The normalized spacial score (nSPS) is 18.8. The Morgan fingerprint density at radius 2 is 1.93 bits per heavy atom.